The van der Waals surface area contributed by atoms with Crippen molar-refractivity contribution in [2.75, 3.05) is 0 Å². The molecule has 1 spiro atoms. The SMILES string of the molecule is CC(C)CCC[C@@H](C)[C@H]1CC[C@H]2[C@@H]3CC[C@]45C[C@@H]4CC[C@]5(C)[C@H]3CC[C@]12C. The number of fused-ring (bicyclic) bond motifs is 4. The van der Waals surface area contributed by atoms with E-state index in [1.54, 1.807) is 57.8 Å². The lowest BCUT2D eigenvalue weighted by Gasteiger charge is -2.59. The molecule has 27 heavy (non-hydrogen) atoms. The fourth-order valence-electron chi connectivity index (χ4n) is 10.3. The van der Waals surface area contributed by atoms with Gasteiger partial charge in [0.2, 0.25) is 0 Å². The smallest absolute Gasteiger partial charge is 0.0209 e. The highest BCUT2D eigenvalue weighted by Crippen LogP contribution is 2.81. The van der Waals surface area contributed by atoms with Crippen molar-refractivity contribution < 1.29 is 0 Å². The molecular weight excluding hydrogens is 324 g/mol. The van der Waals surface area contributed by atoms with Gasteiger partial charge in [0.1, 0.15) is 0 Å². The van der Waals surface area contributed by atoms with Crippen LogP contribution in [0.1, 0.15) is 112 Å². The molecule has 0 heterocycles. The van der Waals surface area contributed by atoms with Crippen LogP contribution in [-0.4, -0.2) is 0 Å². The van der Waals surface area contributed by atoms with E-state index in [9.17, 15) is 0 Å². The van der Waals surface area contributed by atoms with Gasteiger partial charge in [0, 0.05) is 0 Å². The second kappa shape index (κ2) is 6.25. The summed E-state index contributed by atoms with van der Waals surface area (Å²) in [5.74, 6) is 7.26. The Morgan fingerprint density at radius 1 is 0.815 bits per heavy atom. The van der Waals surface area contributed by atoms with Crippen molar-refractivity contribution >= 4 is 0 Å². The zero-order chi connectivity index (χ0) is 19.0. The van der Waals surface area contributed by atoms with Gasteiger partial charge in [-0.2, -0.15) is 0 Å². The monoisotopic (exact) mass is 370 g/mol. The van der Waals surface area contributed by atoms with Crippen LogP contribution in [0.4, 0.5) is 0 Å². The lowest BCUT2D eigenvalue weighted by atomic mass is 9.46. The second-order valence-corrected chi connectivity index (χ2v) is 13.0. The van der Waals surface area contributed by atoms with E-state index in [1.807, 2.05) is 0 Å². The zero-order valence-electron chi connectivity index (χ0n) is 19.0. The minimum Gasteiger partial charge on any atom is -0.0628 e. The Hall–Kier alpha value is 0. The fourth-order valence-corrected chi connectivity index (χ4v) is 10.3. The maximum absolute atomic E-state index is 2.76. The molecule has 0 amide bonds. The Morgan fingerprint density at radius 3 is 2.37 bits per heavy atom. The lowest BCUT2D eigenvalue weighted by Crippen LogP contribution is -2.52. The molecule has 0 nitrogen and oxygen atoms in total. The van der Waals surface area contributed by atoms with Crippen molar-refractivity contribution in [2.24, 2.45) is 57.7 Å². The molecular formula is C27H46. The number of rotatable bonds is 5. The van der Waals surface area contributed by atoms with Crippen LogP contribution in [0.25, 0.3) is 0 Å². The maximum Gasteiger partial charge on any atom is -0.0209 e. The van der Waals surface area contributed by atoms with Crippen molar-refractivity contribution in [3.63, 3.8) is 0 Å². The van der Waals surface area contributed by atoms with E-state index in [0.717, 1.165) is 52.3 Å². The summed E-state index contributed by atoms with van der Waals surface area (Å²) in [4.78, 5) is 0. The third-order valence-electron chi connectivity index (χ3n) is 11.8. The Morgan fingerprint density at radius 2 is 1.63 bits per heavy atom. The van der Waals surface area contributed by atoms with Crippen LogP contribution in [0, 0.1) is 57.7 Å². The van der Waals surface area contributed by atoms with Crippen LogP contribution in [0.3, 0.4) is 0 Å². The van der Waals surface area contributed by atoms with Crippen LogP contribution >= 0.6 is 0 Å². The Balaban J connectivity index is 1.31. The highest BCUT2D eigenvalue weighted by molar-refractivity contribution is 5.22. The Kier molecular flexibility index (Phi) is 4.39. The fraction of sp³-hybridized carbons (Fsp3) is 1.00. The van der Waals surface area contributed by atoms with E-state index in [2.05, 4.69) is 34.6 Å². The van der Waals surface area contributed by atoms with E-state index in [4.69, 9.17) is 0 Å². The first-order chi connectivity index (χ1) is 12.8. The highest BCUT2D eigenvalue weighted by atomic mass is 14.8. The predicted octanol–water partition coefficient (Wildman–Crippen LogP) is 8.11. The molecule has 0 aromatic heterocycles. The summed E-state index contributed by atoms with van der Waals surface area (Å²) in [7, 11) is 0. The molecule has 5 fully saturated rings. The van der Waals surface area contributed by atoms with Crippen LogP contribution in [0.2, 0.25) is 0 Å². The molecule has 0 radical (unpaired) electrons. The van der Waals surface area contributed by atoms with Crippen LogP contribution in [0.15, 0.2) is 0 Å². The molecule has 0 unspecified atom stereocenters. The van der Waals surface area contributed by atoms with Gasteiger partial charge >= 0.3 is 0 Å². The highest BCUT2D eigenvalue weighted by Gasteiger charge is 2.73. The standard InChI is InChI=1S/C27H46/c1-18(2)7-6-8-19(3)22-9-10-23-21-12-16-27-17-20(27)11-15-26(27,5)24(21)13-14-25(22,23)4/h18-24H,6-17H2,1-5H3/t19-,20+,21+,22-,23+,24+,25-,26-,27+/m1/s1. The molecule has 154 valence electrons. The predicted molar refractivity (Wildman–Crippen MR) is 116 cm³/mol. The number of hydrogen-bond acceptors (Lipinski definition) is 0. The normalized spacial score (nSPS) is 54.2. The minimum absolute atomic E-state index is 0.681. The summed E-state index contributed by atoms with van der Waals surface area (Å²) in [5, 5.41) is 0. The van der Waals surface area contributed by atoms with E-state index < -0.39 is 0 Å². The molecule has 0 N–H and O–H groups in total. The van der Waals surface area contributed by atoms with Crippen molar-refractivity contribution in [3.05, 3.63) is 0 Å². The first kappa shape index (κ1) is 19.0. The molecule has 5 aliphatic rings. The van der Waals surface area contributed by atoms with Gasteiger partial charge in [-0.25, -0.2) is 0 Å². The van der Waals surface area contributed by atoms with Crippen LogP contribution in [-0.2, 0) is 0 Å². The molecule has 0 aromatic rings. The van der Waals surface area contributed by atoms with Gasteiger partial charge in [0.05, 0.1) is 0 Å². The summed E-state index contributed by atoms with van der Waals surface area (Å²) in [6, 6.07) is 0. The summed E-state index contributed by atoms with van der Waals surface area (Å²) >= 11 is 0. The zero-order valence-corrected chi connectivity index (χ0v) is 19.0. The first-order valence-electron chi connectivity index (χ1n) is 12.8. The molecule has 5 saturated carbocycles. The Bertz CT molecular complexity index is 577. The van der Waals surface area contributed by atoms with Crippen molar-refractivity contribution in [2.45, 2.75) is 112 Å². The third-order valence-corrected chi connectivity index (χ3v) is 11.8. The molecule has 0 saturated heterocycles. The van der Waals surface area contributed by atoms with Gasteiger partial charge in [-0.3, -0.25) is 0 Å². The molecule has 5 rings (SSSR count). The average Bonchev–Trinajstić information content (AvgIpc) is 3.09. The first-order valence-corrected chi connectivity index (χ1v) is 12.8. The third kappa shape index (κ3) is 2.53. The minimum atomic E-state index is 0.681. The second-order valence-electron chi connectivity index (χ2n) is 13.0. The quantitative estimate of drug-likeness (QED) is 0.458. The maximum atomic E-state index is 2.76. The molecule has 0 aromatic carbocycles. The summed E-state index contributed by atoms with van der Waals surface area (Å²) in [6.07, 6.45) is 18.6. The lowest BCUT2D eigenvalue weighted by molar-refractivity contribution is -0.104. The van der Waals surface area contributed by atoms with E-state index in [0.29, 0.717) is 5.41 Å². The van der Waals surface area contributed by atoms with Gasteiger partial charge in [-0.1, -0.05) is 53.9 Å². The van der Waals surface area contributed by atoms with E-state index in [-0.39, 0.29) is 0 Å². The van der Waals surface area contributed by atoms with E-state index >= 15 is 0 Å². The molecule has 0 bridgehead atoms. The summed E-state index contributed by atoms with van der Waals surface area (Å²) in [6.45, 7) is 12.9. The molecule has 0 aliphatic heterocycles. The van der Waals surface area contributed by atoms with Crippen molar-refractivity contribution in [1.82, 2.24) is 0 Å². The largest absolute Gasteiger partial charge is 0.0628 e. The number of hydrogen-bond donors (Lipinski definition) is 0. The molecule has 9 atom stereocenters. The van der Waals surface area contributed by atoms with Gasteiger partial charge < -0.3 is 0 Å². The van der Waals surface area contributed by atoms with Crippen LogP contribution in [0.5, 0.6) is 0 Å². The molecule has 5 aliphatic carbocycles. The van der Waals surface area contributed by atoms with Gasteiger partial charge in [0.15, 0.2) is 0 Å². The molecule has 0 heteroatoms. The summed E-state index contributed by atoms with van der Waals surface area (Å²) < 4.78 is 0. The van der Waals surface area contributed by atoms with Crippen molar-refractivity contribution in [1.29, 1.82) is 0 Å². The summed E-state index contributed by atoms with van der Waals surface area (Å²) in [5.41, 5.74) is 2.26. The van der Waals surface area contributed by atoms with Gasteiger partial charge in [-0.05, 0) is 115 Å². The van der Waals surface area contributed by atoms with Crippen molar-refractivity contribution in [3.8, 4) is 0 Å². The average molecular weight is 371 g/mol. The van der Waals surface area contributed by atoms with Gasteiger partial charge in [0.25, 0.3) is 0 Å². The topological polar surface area (TPSA) is 0 Å². The van der Waals surface area contributed by atoms with Gasteiger partial charge in [-0.15, -0.1) is 0 Å². The Labute approximate surface area is 169 Å². The van der Waals surface area contributed by atoms with E-state index in [1.165, 1.54) is 19.3 Å². The van der Waals surface area contributed by atoms with Crippen LogP contribution < -0.4 is 0 Å².